The van der Waals surface area contributed by atoms with Crippen molar-refractivity contribution in [2.24, 2.45) is 0 Å². The summed E-state index contributed by atoms with van der Waals surface area (Å²) in [7, 11) is -2.28. The van der Waals surface area contributed by atoms with Crippen molar-refractivity contribution < 1.29 is 17.9 Å². The molecule has 0 bridgehead atoms. The van der Waals surface area contributed by atoms with E-state index in [2.05, 4.69) is 4.74 Å². The summed E-state index contributed by atoms with van der Waals surface area (Å²) >= 11 is 5.29. The van der Waals surface area contributed by atoms with Crippen LogP contribution in [-0.4, -0.2) is 26.7 Å². The largest absolute Gasteiger partial charge is 0.465 e. The van der Waals surface area contributed by atoms with Gasteiger partial charge in [-0.1, -0.05) is 6.07 Å². The monoisotopic (exact) mass is 248 g/mol. The van der Waals surface area contributed by atoms with Gasteiger partial charge >= 0.3 is 5.97 Å². The molecule has 6 heteroatoms. The van der Waals surface area contributed by atoms with E-state index < -0.39 is 21.0 Å². The van der Waals surface area contributed by atoms with E-state index in [-0.39, 0.29) is 10.5 Å². The van der Waals surface area contributed by atoms with Crippen LogP contribution >= 0.6 is 11.6 Å². The van der Waals surface area contributed by atoms with E-state index in [1.807, 2.05) is 0 Å². The van der Waals surface area contributed by atoms with Gasteiger partial charge in [-0.3, -0.25) is 0 Å². The van der Waals surface area contributed by atoms with E-state index in [4.69, 9.17) is 11.6 Å². The van der Waals surface area contributed by atoms with Crippen molar-refractivity contribution in [3.05, 3.63) is 29.8 Å². The Balaban J connectivity index is 3.20. The number of sulfone groups is 1. The number of halogens is 1. The molecular weight excluding hydrogens is 240 g/mol. The van der Waals surface area contributed by atoms with Crippen molar-refractivity contribution in [1.29, 1.82) is 0 Å². The van der Waals surface area contributed by atoms with Gasteiger partial charge in [-0.15, -0.1) is 11.6 Å². The van der Waals surface area contributed by atoms with Crippen molar-refractivity contribution in [2.45, 2.75) is 4.90 Å². The van der Waals surface area contributed by atoms with Crippen LogP contribution in [0.3, 0.4) is 0 Å². The van der Waals surface area contributed by atoms with Crippen molar-refractivity contribution in [3.8, 4) is 0 Å². The topological polar surface area (TPSA) is 60.4 Å². The molecule has 0 heterocycles. The number of esters is 1. The van der Waals surface area contributed by atoms with Crippen LogP contribution in [0, 0.1) is 0 Å². The smallest absolute Gasteiger partial charge is 0.337 e. The lowest BCUT2D eigenvalue weighted by atomic mass is 10.2. The first-order valence-electron chi connectivity index (χ1n) is 3.98. The fraction of sp³-hybridized carbons (Fsp3) is 0.222. The van der Waals surface area contributed by atoms with Gasteiger partial charge in [-0.05, 0) is 18.2 Å². The Hall–Kier alpha value is -1.07. The summed E-state index contributed by atoms with van der Waals surface area (Å²) in [5, 5.41) is -0.516. The minimum atomic E-state index is -3.50. The van der Waals surface area contributed by atoms with Crippen LogP contribution in [0.1, 0.15) is 10.4 Å². The van der Waals surface area contributed by atoms with E-state index in [0.29, 0.717) is 0 Å². The summed E-state index contributed by atoms with van der Waals surface area (Å²) < 4.78 is 27.2. The lowest BCUT2D eigenvalue weighted by Crippen LogP contribution is -2.06. The van der Waals surface area contributed by atoms with E-state index in [1.165, 1.54) is 31.4 Å². The molecule has 4 nitrogen and oxygen atoms in total. The third-order valence-electron chi connectivity index (χ3n) is 1.76. The van der Waals surface area contributed by atoms with E-state index >= 15 is 0 Å². The van der Waals surface area contributed by atoms with E-state index in [9.17, 15) is 13.2 Å². The molecule has 0 spiro atoms. The van der Waals surface area contributed by atoms with Gasteiger partial charge in [0, 0.05) is 0 Å². The molecule has 15 heavy (non-hydrogen) atoms. The van der Waals surface area contributed by atoms with E-state index in [0.717, 1.165) is 0 Å². The Labute approximate surface area is 92.7 Å². The average molecular weight is 249 g/mol. The second-order valence-corrected chi connectivity index (χ2v) is 5.32. The molecule has 0 N–H and O–H groups in total. The molecule has 0 aliphatic rings. The molecule has 0 atom stereocenters. The number of alkyl halides is 1. The summed E-state index contributed by atoms with van der Waals surface area (Å²) in [6, 6.07) is 5.55. The fourth-order valence-electron chi connectivity index (χ4n) is 0.997. The van der Waals surface area contributed by atoms with Gasteiger partial charge < -0.3 is 4.74 Å². The van der Waals surface area contributed by atoms with Crippen molar-refractivity contribution in [2.75, 3.05) is 12.3 Å². The van der Waals surface area contributed by atoms with Crippen LogP contribution in [0.4, 0.5) is 0 Å². The zero-order valence-corrected chi connectivity index (χ0v) is 9.51. The zero-order chi connectivity index (χ0) is 11.5. The molecule has 82 valence electrons. The molecule has 0 amide bonds. The Kier molecular flexibility index (Phi) is 3.71. The Morgan fingerprint density at radius 3 is 2.67 bits per heavy atom. The standard InChI is InChI=1S/C9H9ClO4S/c1-14-9(11)7-3-2-4-8(5-7)15(12,13)6-10/h2-5H,6H2,1H3. The molecule has 0 unspecified atom stereocenters. The van der Waals surface area contributed by atoms with Crippen LogP contribution in [0.15, 0.2) is 29.2 Å². The minimum Gasteiger partial charge on any atom is -0.465 e. The Bertz CT molecular complexity index is 467. The highest BCUT2D eigenvalue weighted by atomic mass is 35.5. The second kappa shape index (κ2) is 4.63. The van der Waals surface area contributed by atoms with Crippen LogP contribution in [-0.2, 0) is 14.6 Å². The highest BCUT2D eigenvalue weighted by Gasteiger charge is 2.15. The molecule has 0 fully saturated rings. The van der Waals surface area contributed by atoms with Crippen LogP contribution in [0.25, 0.3) is 0 Å². The summed E-state index contributed by atoms with van der Waals surface area (Å²) in [6.07, 6.45) is 0. The maximum absolute atomic E-state index is 11.4. The number of carbonyl (C=O) groups is 1. The molecule has 0 aliphatic heterocycles. The van der Waals surface area contributed by atoms with Crippen LogP contribution in [0.5, 0.6) is 0 Å². The lowest BCUT2D eigenvalue weighted by Gasteiger charge is -2.02. The zero-order valence-electron chi connectivity index (χ0n) is 7.94. The third kappa shape index (κ3) is 2.70. The first kappa shape index (κ1) is 12.0. The quantitative estimate of drug-likeness (QED) is 0.600. The number of methoxy groups -OCH3 is 1. The average Bonchev–Trinajstić information content (AvgIpc) is 2.28. The molecule has 1 aromatic carbocycles. The maximum atomic E-state index is 11.4. The molecular formula is C9H9ClO4S. The predicted octanol–water partition coefficient (Wildman–Crippen LogP) is 1.44. The summed E-state index contributed by atoms with van der Waals surface area (Å²) in [5.74, 6) is -0.582. The Morgan fingerprint density at radius 1 is 1.47 bits per heavy atom. The van der Waals surface area contributed by atoms with E-state index in [1.54, 1.807) is 0 Å². The normalized spacial score (nSPS) is 11.1. The molecule has 0 aliphatic carbocycles. The number of ether oxygens (including phenoxy) is 1. The molecule has 0 saturated carbocycles. The number of benzene rings is 1. The fourth-order valence-corrected chi connectivity index (χ4v) is 2.09. The lowest BCUT2D eigenvalue weighted by molar-refractivity contribution is 0.0600. The predicted molar refractivity (Wildman–Crippen MR) is 55.7 cm³/mol. The van der Waals surface area contributed by atoms with Crippen molar-refractivity contribution in [3.63, 3.8) is 0 Å². The molecule has 0 saturated heterocycles. The molecule has 0 aromatic heterocycles. The highest BCUT2D eigenvalue weighted by Crippen LogP contribution is 2.14. The van der Waals surface area contributed by atoms with Crippen LogP contribution < -0.4 is 0 Å². The van der Waals surface area contributed by atoms with Crippen molar-refractivity contribution in [1.82, 2.24) is 0 Å². The first-order chi connectivity index (χ1) is 7.01. The summed E-state index contributed by atoms with van der Waals surface area (Å²) in [5.41, 5.74) is 0.184. The van der Waals surface area contributed by atoms with Gasteiger partial charge in [-0.2, -0.15) is 0 Å². The molecule has 1 rings (SSSR count). The Morgan fingerprint density at radius 2 is 2.13 bits per heavy atom. The number of hydrogen-bond acceptors (Lipinski definition) is 4. The van der Waals surface area contributed by atoms with Crippen molar-refractivity contribution >= 4 is 27.4 Å². The van der Waals surface area contributed by atoms with Gasteiger partial charge in [-0.25, -0.2) is 13.2 Å². The molecule has 1 aromatic rings. The first-order valence-corrected chi connectivity index (χ1v) is 6.17. The maximum Gasteiger partial charge on any atom is 0.337 e. The summed E-state index contributed by atoms with van der Waals surface area (Å²) in [6.45, 7) is 0. The minimum absolute atomic E-state index is 0.0143. The van der Waals surface area contributed by atoms with Gasteiger partial charge in [0.05, 0.1) is 17.6 Å². The second-order valence-electron chi connectivity index (χ2n) is 2.74. The van der Waals surface area contributed by atoms with Gasteiger partial charge in [0.1, 0.15) is 5.21 Å². The van der Waals surface area contributed by atoms with Crippen LogP contribution in [0.2, 0.25) is 0 Å². The summed E-state index contributed by atoms with van der Waals surface area (Å²) in [4.78, 5) is 11.1. The number of hydrogen-bond donors (Lipinski definition) is 0. The number of rotatable bonds is 3. The number of carbonyl (C=O) groups excluding carboxylic acids is 1. The molecule has 0 radical (unpaired) electrons. The van der Waals surface area contributed by atoms with Gasteiger partial charge in [0.2, 0.25) is 0 Å². The van der Waals surface area contributed by atoms with Gasteiger partial charge in [0.25, 0.3) is 0 Å². The SMILES string of the molecule is COC(=O)c1cccc(S(=O)(=O)CCl)c1. The third-order valence-corrected chi connectivity index (χ3v) is 3.88. The highest BCUT2D eigenvalue weighted by molar-refractivity contribution is 7.92. The van der Waals surface area contributed by atoms with Gasteiger partial charge in [0.15, 0.2) is 9.84 Å².